The Bertz CT molecular complexity index is 604. The molecule has 20 heavy (non-hydrogen) atoms. The zero-order chi connectivity index (χ0) is 14.6. The van der Waals surface area contributed by atoms with Gasteiger partial charge in [0.2, 0.25) is 0 Å². The van der Waals surface area contributed by atoms with Crippen molar-refractivity contribution in [1.82, 2.24) is 4.98 Å². The first-order chi connectivity index (χ1) is 9.51. The fourth-order valence-electron chi connectivity index (χ4n) is 1.86. The van der Waals surface area contributed by atoms with E-state index < -0.39 is 5.41 Å². The summed E-state index contributed by atoms with van der Waals surface area (Å²) in [6, 6.07) is 14.4. The molecule has 1 N–H and O–H groups in total. The number of nitrogens with one attached hydrogen (secondary N) is 1. The molecule has 0 atom stereocenters. The molecule has 0 aliphatic carbocycles. The minimum atomic E-state index is -0.447. The van der Waals surface area contributed by atoms with Gasteiger partial charge in [-0.2, -0.15) is 5.26 Å². The van der Waals surface area contributed by atoms with E-state index in [1.54, 1.807) is 0 Å². The Morgan fingerprint density at radius 3 is 2.40 bits per heavy atom. The van der Waals surface area contributed by atoms with Gasteiger partial charge in [0.1, 0.15) is 0 Å². The van der Waals surface area contributed by atoms with E-state index in [1.807, 2.05) is 57.3 Å². The summed E-state index contributed by atoms with van der Waals surface area (Å²) >= 11 is 0. The number of anilines is 1. The third kappa shape index (κ3) is 3.36. The van der Waals surface area contributed by atoms with Gasteiger partial charge in [-0.25, -0.2) is 0 Å². The molecule has 2 rings (SSSR count). The molecule has 0 radical (unpaired) electrons. The first-order valence-electron chi connectivity index (χ1n) is 6.68. The number of benzene rings is 1. The number of hydrogen-bond donors (Lipinski definition) is 1. The summed E-state index contributed by atoms with van der Waals surface area (Å²) in [5.41, 5.74) is 3.79. The standard InChI is InChI=1S/C17H19N3/c1-13-4-7-16(19-10-13)11-20-15-8-5-14(6-9-15)17(2,3)12-18/h4-10,20H,11H2,1-3H3. The lowest BCUT2D eigenvalue weighted by Gasteiger charge is -2.16. The Kier molecular flexibility index (Phi) is 4.05. The van der Waals surface area contributed by atoms with Gasteiger partial charge in [-0.15, -0.1) is 0 Å². The van der Waals surface area contributed by atoms with Crippen LogP contribution in [-0.2, 0) is 12.0 Å². The lowest BCUT2D eigenvalue weighted by Crippen LogP contribution is -2.13. The molecular formula is C17H19N3. The van der Waals surface area contributed by atoms with Crippen molar-refractivity contribution >= 4 is 5.69 Å². The van der Waals surface area contributed by atoms with Crippen LogP contribution in [0.1, 0.15) is 30.7 Å². The average Bonchev–Trinajstić information content (AvgIpc) is 2.47. The van der Waals surface area contributed by atoms with Crippen LogP contribution in [0.2, 0.25) is 0 Å². The molecule has 0 spiro atoms. The van der Waals surface area contributed by atoms with Gasteiger partial charge in [0.25, 0.3) is 0 Å². The van der Waals surface area contributed by atoms with Crippen molar-refractivity contribution in [2.45, 2.75) is 32.7 Å². The highest BCUT2D eigenvalue weighted by Crippen LogP contribution is 2.23. The monoisotopic (exact) mass is 265 g/mol. The first kappa shape index (κ1) is 14.1. The maximum absolute atomic E-state index is 9.12. The molecule has 0 unspecified atom stereocenters. The van der Waals surface area contributed by atoms with Crippen molar-refractivity contribution in [3.8, 4) is 6.07 Å². The number of nitrogens with zero attached hydrogens (tertiary/aromatic N) is 2. The largest absolute Gasteiger partial charge is 0.379 e. The van der Waals surface area contributed by atoms with E-state index in [2.05, 4.69) is 22.4 Å². The molecule has 1 aromatic heterocycles. The molecule has 3 heteroatoms. The molecule has 1 heterocycles. The highest BCUT2D eigenvalue weighted by atomic mass is 14.9. The molecule has 0 amide bonds. The van der Waals surface area contributed by atoms with Gasteiger partial charge < -0.3 is 5.32 Å². The Balaban J connectivity index is 2.01. The van der Waals surface area contributed by atoms with Gasteiger partial charge in [0.05, 0.1) is 23.7 Å². The molecule has 102 valence electrons. The lowest BCUT2D eigenvalue weighted by atomic mass is 9.86. The number of nitriles is 1. The SMILES string of the molecule is Cc1ccc(CNc2ccc(C(C)(C)C#N)cc2)nc1. The van der Waals surface area contributed by atoms with Gasteiger partial charge >= 0.3 is 0 Å². The van der Waals surface area contributed by atoms with Crippen LogP contribution in [0.4, 0.5) is 5.69 Å². The summed E-state index contributed by atoms with van der Waals surface area (Å²) in [5, 5.41) is 12.4. The second kappa shape index (κ2) is 5.75. The smallest absolute Gasteiger partial charge is 0.0766 e. The van der Waals surface area contributed by atoms with Crippen LogP contribution in [-0.4, -0.2) is 4.98 Å². The van der Waals surface area contributed by atoms with Crippen molar-refractivity contribution in [3.05, 3.63) is 59.4 Å². The number of aryl methyl sites for hydroxylation is 1. The number of rotatable bonds is 4. The summed E-state index contributed by atoms with van der Waals surface area (Å²) in [4.78, 5) is 4.36. The van der Waals surface area contributed by atoms with Gasteiger partial charge in [0.15, 0.2) is 0 Å². The fraction of sp³-hybridized carbons (Fsp3) is 0.294. The van der Waals surface area contributed by atoms with E-state index in [4.69, 9.17) is 5.26 Å². The van der Waals surface area contributed by atoms with Crippen LogP contribution in [0.25, 0.3) is 0 Å². The van der Waals surface area contributed by atoms with E-state index in [0.29, 0.717) is 6.54 Å². The Morgan fingerprint density at radius 2 is 1.85 bits per heavy atom. The van der Waals surface area contributed by atoms with E-state index in [0.717, 1.165) is 22.5 Å². The third-order valence-corrected chi connectivity index (χ3v) is 3.33. The summed E-state index contributed by atoms with van der Waals surface area (Å²) in [5.74, 6) is 0. The summed E-state index contributed by atoms with van der Waals surface area (Å²) in [6.45, 7) is 6.57. The zero-order valence-electron chi connectivity index (χ0n) is 12.1. The first-order valence-corrected chi connectivity index (χ1v) is 6.68. The Labute approximate surface area is 120 Å². The summed E-state index contributed by atoms with van der Waals surface area (Å²) < 4.78 is 0. The highest BCUT2D eigenvalue weighted by molar-refractivity contribution is 5.47. The van der Waals surface area contributed by atoms with Crippen LogP contribution >= 0.6 is 0 Å². The highest BCUT2D eigenvalue weighted by Gasteiger charge is 2.18. The van der Waals surface area contributed by atoms with E-state index in [-0.39, 0.29) is 0 Å². The molecule has 1 aromatic carbocycles. The molecule has 0 bridgehead atoms. The van der Waals surface area contributed by atoms with Crippen molar-refractivity contribution in [2.75, 3.05) is 5.32 Å². The van der Waals surface area contributed by atoms with Gasteiger partial charge in [-0.3, -0.25) is 4.98 Å². The minimum Gasteiger partial charge on any atom is -0.379 e. The minimum absolute atomic E-state index is 0.447. The quantitative estimate of drug-likeness (QED) is 0.914. The molecule has 0 aliphatic heterocycles. The van der Waals surface area contributed by atoms with Crippen LogP contribution in [0.15, 0.2) is 42.6 Å². The molecule has 0 aliphatic rings. The molecular weight excluding hydrogens is 246 g/mol. The Hall–Kier alpha value is -2.34. The lowest BCUT2D eigenvalue weighted by molar-refractivity contribution is 0.687. The molecule has 0 saturated heterocycles. The second-order valence-corrected chi connectivity index (χ2v) is 5.49. The Morgan fingerprint density at radius 1 is 1.15 bits per heavy atom. The van der Waals surface area contributed by atoms with Crippen LogP contribution in [0, 0.1) is 18.3 Å². The maximum Gasteiger partial charge on any atom is 0.0766 e. The van der Waals surface area contributed by atoms with E-state index in [9.17, 15) is 0 Å². The number of pyridine rings is 1. The van der Waals surface area contributed by atoms with E-state index >= 15 is 0 Å². The third-order valence-electron chi connectivity index (χ3n) is 3.33. The number of aromatic nitrogens is 1. The van der Waals surface area contributed by atoms with Gasteiger partial charge in [-0.1, -0.05) is 18.2 Å². The van der Waals surface area contributed by atoms with Crippen LogP contribution in [0.3, 0.4) is 0 Å². The van der Waals surface area contributed by atoms with Crippen molar-refractivity contribution < 1.29 is 0 Å². The predicted octanol–water partition coefficient (Wildman–Crippen LogP) is 3.80. The van der Waals surface area contributed by atoms with Crippen molar-refractivity contribution in [1.29, 1.82) is 5.26 Å². The topological polar surface area (TPSA) is 48.7 Å². The zero-order valence-corrected chi connectivity index (χ0v) is 12.1. The van der Waals surface area contributed by atoms with Crippen LogP contribution in [0.5, 0.6) is 0 Å². The predicted molar refractivity (Wildman–Crippen MR) is 81.4 cm³/mol. The second-order valence-electron chi connectivity index (χ2n) is 5.49. The fourth-order valence-corrected chi connectivity index (χ4v) is 1.86. The maximum atomic E-state index is 9.12. The molecule has 0 fully saturated rings. The van der Waals surface area contributed by atoms with Crippen LogP contribution < -0.4 is 5.32 Å². The van der Waals surface area contributed by atoms with Crippen molar-refractivity contribution in [2.24, 2.45) is 0 Å². The van der Waals surface area contributed by atoms with Gasteiger partial charge in [-0.05, 0) is 50.1 Å². The normalized spacial score (nSPS) is 10.9. The summed E-state index contributed by atoms with van der Waals surface area (Å²) in [6.07, 6.45) is 1.87. The summed E-state index contributed by atoms with van der Waals surface area (Å²) in [7, 11) is 0. The molecule has 2 aromatic rings. The van der Waals surface area contributed by atoms with Gasteiger partial charge in [0, 0.05) is 11.9 Å². The molecule has 3 nitrogen and oxygen atoms in total. The van der Waals surface area contributed by atoms with E-state index in [1.165, 1.54) is 0 Å². The average molecular weight is 265 g/mol. The molecule has 0 saturated carbocycles. The number of hydrogen-bond acceptors (Lipinski definition) is 3. The van der Waals surface area contributed by atoms with Crippen molar-refractivity contribution in [3.63, 3.8) is 0 Å².